The molecule has 0 bridgehead atoms. The molecule has 0 spiro atoms. The average Bonchev–Trinajstić information content (AvgIpc) is 2.83. The molecule has 1 N–H and O–H groups in total. The van der Waals surface area contributed by atoms with Crippen LogP contribution in [0.4, 0.5) is 5.69 Å². The summed E-state index contributed by atoms with van der Waals surface area (Å²) in [5.74, 6) is 1.75. The lowest BCUT2D eigenvalue weighted by Crippen LogP contribution is -2.09. The first-order chi connectivity index (χ1) is 9.28. The minimum atomic E-state index is 0.339. The highest BCUT2D eigenvalue weighted by molar-refractivity contribution is 7.99. The van der Waals surface area contributed by atoms with Crippen LogP contribution in [0.2, 0.25) is 5.02 Å². The highest BCUT2D eigenvalue weighted by Gasteiger charge is 2.22. The first-order valence-corrected chi connectivity index (χ1v) is 7.46. The number of nitrogens with one attached hydrogen (secondary N) is 1. The molecule has 3 rings (SSSR count). The van der Waals surface area contributed by atoms with Crippen molar-refractivity contribution < 1.29 is 4.74 Å². The van der Waals surface area contributed by atoms with Gasteiger partial charge in [-0.3, -0.25) is 0 Å². The molecule has 1 aliphatic rings. The Morgan fingerprint density at radius 1 is 1.26 bits per heavy atom. The minimum Gasteiger partial charge on any atom is -0.495 e. The number of methoxy groups -OCH3 is 1. The van der Waals surface area contributed by atoms with Gasteiger partial charge in [-0.2, -0.15) is 0 Å². The Bertz CT molecular complexity index is 602. The maximum atomic E-state index is 6.14. The van der Waals surface area contributed by atoms with Gasteiger partial charge in [-0.05, 0) is 29.8 Å². The van der Waals surface area contributed by atoms with Crippen LogP contribution in [-0.2, 0) is 0 Å². The topological polar surface area (TPSA) is 21.3 Å². The Labute approximate surface area is 122 Å². The quantitative estimate of drug-likeness (QED) is 0.892. The number of halogens is 1. The lowest BCUT2D eigenvalue weighted by atomic mass is 10.1. The fourth-order valence-corrected chi connectivity index (χ4v) is 3.66. The van der Waals surface area contributed by atoms with Crippen LogP contribution in [0, 0.1) is 0 Å². The summed E-state index contributed by atoms with van der Waals surface area (Å²) in [6, 6.07) is 14.6. The van der Waals surface area contributed by atoms with Crippen molar-refractivity contribution in [1.82, 2.24) is 0 Å². The molecule has 4 heteroatoms. The van der Waals surface area contributed by atoms with E-state index in [9.17, 15) is 0 Å². The van der Waals surface area contributed by atoms with Gasteiger partial charge >= 0.3 is 0 Å². The van der Waals surface area contributed by atoms with Gasteiger partial charge in [0, 0.05) is 16.3 Å². The van der Waals surface area contributed by atoms with Gasteiger partial charge in [0.05, 0.1) is 18.2 Å². The molecular weight excluding hydrogens is 278 g/mol. The summed E-state index contributed by atoms with van der Waals surface area (Å²) in [5, 5.41) is 4.16. The first kappa shape index (κ1) is 12.7. The lowest BCUT2D eigenvalue weighted by Gasteiger charge is -2.15. The van der Waals surface area contributed by atoms with Gasteiger partial charge in [0.1, 0.15) is 5.75 Å². The summed E-state index contributed by atoms with van der Waals surface area (Å²) in [7, 11) is 1.62. The van der Waals surface area contributed by atoms with Crippen molar-refractivity contribution in [1.29, 1.82) is 0 Å². The Balaban J connectivity index is 1.81. The SMILES string of the molecule is COc1ccc(NC2CSc3ccccc32)cc1Cl. The standard InChI is InChI=1S/C15H14ClNOS/c1-18-14-7-6-10(8-12(14)16)17-13-9-19-15-5-3-2-4-11(13)15/h2-8,13,17H,9H2,1H3. The summed E-state index contributed by atoms with van der Waals surface area (Å²) >= 11 is 8.03. The highest BCUT2D eigenvalue weighted by atomic mass is 35.5. The predicted molar refractivity (Wildman–Crippen MR) is 81.5 cm³/mol. The Morgan fingerprint density at radius 3 is 2.89 bits per heavy atom. The number of benzene rings is 2. The molecule has 1 unspecified atom stereocenters. The van der Waals surface area contributed by atoms with E-state index in [2.05, 4.69) is 29.6 Å². The van der Waals surface area contributed by atoms with Crippen LogP contribution in [0.15, 0.2) is 47.4 Å². The van der Waals surface area contributed by atoms with Crippen molar-refractivity contribution in [2.75, 3.05) is 18.2 Å². The molecule has 0 amide bonds. The summed E-state index contributed by atoms with van der Waals surface area (Å²) in [4.78, 5) is 1.36. The van der Waals surface area contributed by atoms with Crippen LogP contribution in [0.1, 0.15) is 11.6 Å². The average molecular weight is 292 g/mol. The van der Waals surface area contributed by atoms with E-state index in [4.69, 9.17) is 16.3 Å². The van der Waals surface area contributed by atoms with Gasteiger partial charge in [0.25, 0.3) is 0 Å². The zero-order valence-corrected chi connectivity index (χ0v) is 12.1. The van der Waals surface area contributed by atoms with E-state index in [0.29, 0.717) is 16.8 Å². The molecule has 1 aliphatic heterocycles. The second-order valence-electron chi connectivity index (χ2n) is 4.40. The van der Waals surface area contributed by atoms with Crippen molar-refractivity contribution >= 4 is 29.1 Å². The maximum absolute atomic E-state index is 6.14. The molecule has 2 nitrogen and oxygen atoms in total. The van der Waals surface area contributed by atoms with Crippen LogP contribution in [0.25, 0.3) is 0 Å². The first-order valence-electron chi connectivity index (χ1n) is 6.10. The normalized spacial score (nSPS) is 17.1. The van der Waals surface area contributed by atoms with E-state index in [0.717, 1.165) is 11.4 Å². The van der Waals surface area contributed by atoms with E-state index in [-0.39, 0.29) is 0 Å². The van der Waals surface area contributed by atoms with Crippen molar-refractivity contribution in [3.63, 3.8) is 0 Å². The summed E-state index contributed by atoms with van der Waals surface area (Å²) in [5.41, 5.74) is 2.38. The minimum absolute atomic E-state index is 0.339. The van der Waals surface area contributed by atoms with E-state index in [1.807, 2.05) is 30.0 Å². The van der Waals surface area contributed by atoms with Gasteiger partial charge in [0.2, 0.25) is 0 Å². The van der Waals surface area contributed by atoms with Crippen molar-refractivity contribution in [3.05, 3.63) is 53.1 Å². The van der Waals surface area contributed by atoms with Crippen molar-refractivity contribution in [3.8, 4) is 5.75 Å². The van der Waals surface area contributed by atoms with Crippen LogP contribution < -0.4 is 10.1 Å². The summed E-state index contributed by atoms with van der Waals surface area (Å²) in [6.07, 6.45) is 0. The fraction of sp³-hybridized carbons (Fsp3) is 0.200. The third kappa shape index (κ3) is 2.53. The molecule has 0 aliphatic carbocycles. The molecule has 19 heavy (non-hydrogen) atoms. The van der Waals surface area contributed by atoms with Crippen LogP contribution in [0.5, 0.6) is 5.75 Å². The molecule has 2 aromatic rings. The number of ether oxygens (including phenoxy) is 1. The maximum Gasteiger partial charge on any atom is 0.137 e. The highest BCUT2D eigenvalue weighted by Crippen LogP contribution is 2.40. The van der Waals surface area contributed by atoms with E-state index < -0.39 is 0 Å². The molecule has 0 radical (unpaired) electrons. The summed E-state index contributed by atoms with van der Waals surface area (Å²) < 4.78 is 5.16. The zero-order valence-electron chi connectivity index (χ0n) is 10.5. The number of thioether (sulfide) groups is 1. The fourth-order valence-electron chi connectivity index (χ4n) is 2.24. The van der Waals surface area contributed by atoms with Gasteiger partial charge < -0.3 is 10.1 Å². The molecule has 0 fully saturated rings. The van der Waals surface area contributed by atoms with Gasteiger partial charge in [-0.25, -0.2) is 0 Å². The van der Waals surface area contributed by atoms with Gasteiger partial charge in [-0.1, -0.05) is 29.8 Å². The molecule has 0 aromatic heterocycles. The number of fused-ring (bicyclic) bond motifs is 1. The number of hydrogen-bond acceptors (Lipinski definition) is 3. The molecular formula is C15H14ClNOS. The van der Waals surface area contributed by atoms with Crippen LogP contribution in [0.3, 0.4) is 0 Å². The smallest absolute Gasteiger partial charge is 0.137 e. The molecule has 0 saturated heterocycles. The lowest BCUT2D eigenvalue weighted by molar-refractivity contribution is 0.415. The Hall–Kier alpha value is -1.32. The molecule has 1 heterocycles. The molecule has 0 saturated carbocycles. The van der Waals surface area contributed by atoms with Crippen LogP contribution in [-0.4, -0.2) is 12.9 Å². The van der Waals surface area contributed by atoms with Crippen molar-refractivity contribution in [2.24, 2.45) is 0 Å². The van der Waals surface area contributed by atoms with Gasteiger partial charge in [0.15, 0.2) is 0 Å². The molecule has 98 valence electrons. The Morgan fingerprint density at radius 2 is 2.11 bits per heavy atom. The number of hydrogen-bond donors (Lipinski definition) is 1. The van der Waals surface area contributed by atoms with E-state index in [1.165, 1.54) is 10.5 Å². The van der Waals surface area contributed by atoms with Crippen molar-refractivity contribution in [2.45, 2.75) is 10.9 Å². The van der Waals surface area contributed by atoms with E-state index in [1.54, 1.807) is 7.11 Å². The predicted octanol–water partition coefficient (Wildman–Crippen LogP) is 4.61. The number of rotatable bonds is 3. The Kier molecular flexibility index (Phi) is 3.58. The largest absolute Gasteiger partial charge is 0.495 e. The second kappa shape index (κ2) is 5.35. The second-order valence-corrected chi connectivity index (χ2v) is 5.86. The number of anilines is 1. The monoisotopic (exact) mass is 291 g/mol. The summed E-state index contributed by atoms with van der Waals surface area (Å²) in [6.45, 7) is 0. The third-order valence-electron chi connectivity index (χ3n) is 3.19. The zero-order chi connectivity index (χ0) is 13.2. The third-order valence-corrected chi connectivity index (χ3v) is 4.67. The van der Waals surface area contributed by atoms with Crippen LogP contribution >= 0.6 is 23.4 Å². The molecule has 1 atom stereocenters. The molecule has 2 aromatic carbocycles. The van der Waals surface area contributed by atoms with Gasteiger partial charge in [-0.15, -0.1) is 11.8 Å². The van der Waals surface area contributed by atoms with E-state index >= 15 is 0 Å².